The van der Waals surface area contributed by atoms with E-state index < -0.39 is 13.3 Å². The Balaban J connectivity index is 0.000000212. The van der Waals surface area contributed by atoms with Crippen molar-refractivity contribution in [1.29, 1.82) is 0 Å². The van der Waals surface area contributed by atoms with Crippen LogP contribution in [0.1, 0.15) is 0 Å². The van der Waals surface area contributed by atoms with Crippen LogP contribution >= 0.6 is 11.3 Å². The monoisotopic (exact) mass is 966 g/mol. The summed E-state index contributed by atoms with van der Waals surface area (Å²) in [5.74, 6) is 8.05. The molecule has 0 fully saturated rings. The zero-order valence-electron chi connectivity index (χ0n) is 30.7. The van der Waals surface area contributed by atoms with Gasteiger partial charge < -0.3 is 4.57 Å². The summed E-state index contributed by atoms with van der Waals surface area (Å²) in [5.41, 5.74) is 8.67. The second kappa shape index (κ2) is 15.5. The zero-order chi connectivity index (χ0) is 36.6. The van der Waals surface area contributed by atoms with Gasteiger partial charge in [0.1, 0.15) is 0 Å². The first kappa shape index (κ1) is 36.8. The summed E-state index contributed by atoms with van der Waals surface area (Å²) >= 11 is 0.101. The van der Waals surface area contributed by atoms with Gasteiger partial charge in [0.05, 0.1) is 16.9 Å². The Morgan fingerprint density at radius 1 is 0.618 bits per heavy atom. The fourth-order valence-corrected chi connectivity index (χ4v) is 10.5. The molecule has 269 valence electrons. The van der Waals surface area contributed by atoms with Gasteiger partial charge in [0.25, 0.3) is 0 Å². The van der Waals surface area contributed by atoms with Crippen molar-refractivity contribution in [2.75, 3.05) is 0 Å². The number of nitrogens with zero attached hydrogens (tertiary/aromatic N) is 3. The van der Waals surface area contributed by atoms with Gasteiger partial charge in [-0.05, 0) is 39.2 Å². The summed E-state index contributed by atoms with van der Waals surface area (Å²) in [5, 5.41) is 4.88. The summed E-state index contributed by atoms with van der Waals surface area (Å²) < 4.78 is 6.27. The molecule has 55 heavy (non-hydrogen) atoms. The summed E-state index contributed by atoms with van der Waals surface area (Å²) in [4.78, 5) is 9.91. The number of thiophene rings is 1. The maximum atomic E-state index is 5.38. The van der Waals surface area contributed by atoms with Gasteiger partial charge in [-0.3, -0.25) is 4.98 Å². The molecule has 0 atom stereocenters. The van der Waals surface area contributed by atoms with E-state index in [0.717, 1.165) is 44.8 Å². The number of fused-ring (bicyclic) bond motifs is 6. The maximum Gasteiger partial charge on any atom is 0.0852 e. The summed E-state index contributed by atoms with van der Waals surface area (Å²) in [7, 11) is 0. The van der Waals surface area contributed by atoms with Crippen molar-refractivity contribution in [2.24, 2.45) is 0 Å². The van der Waals surface area contributed by atoms with Crippen molar-refractivity contribution in [3.63, 3.8) is 0 Å². The number of hydrogen-bond acceptors (Lipinski definition) is 3. The van der Waals surface area contributed by atoms with Crippen LogP contribution in [0.25, 0.3) is 81.4 Å². The van der Waals surface area contributed by atoms with Gasteiger partial charge in [-0.15, -0.1) is 18.2 Å². The van der Waals surface area contributed by atoms with E-state index >= 15 is 0 Å². The van der Waals surface area contributed by atoms with Crippen molar-refractivity contribution >= 4 is 71.0 Å². The van der Waals surface area contributed by atoms with Crippen molar-refractivity contribution in [3.8, 4) is 39.5 Å². The van der Waals surface area contributed by atoms with Crippen LogP contribution in [0.4, 0.5) is 0 Å². The van der Waals surface area contributed by atoms with Crippen molar-refractivity contribution < 1.29 is 20.1 Å². The maximum absolute atomic E-state index is 5.38. The average molecular weight is 965 g/mol. The number of imidazole rings is 1. The van der Waals surface area contributed by atoms with Crippen LogP contribution in [0, 0.1) is 12.1 Å². The van der Waals surface area contributed by atoms with E-state index in [2.05, 4.69) is 172 Å². The largest absolute Gasteiger partial charge is 0.333 e. The minimum absolute atomic E-state index is 0. The van der Waals surface area contributed by atoms with E-state index in [9.17, 15) is 0 Å². The quantitative estimate of drug-likeness (QED) is 0.127. The molecule has 0 amide bonds. The third-order valence-electron chi connectivity index (χ3n) is 9.96. The van der Waals surface area contributed by atoms with Crippen molar-refractivity contribution in [2.45, 2.75) is 17.3 Å². The van der Waals surface area contributed by atoms with E-state index in [1.54, 1.807) is 0 Å². The Labute approximate surface area is 342 Å². The van der Waals surface area contributed by atoms with Crippen LogP contribution in [-0.4, -0.2) is 27.8 Å². The number of pyridine rings is 1. The molecule has 0 N–H and O–H groups in total. The van der Waals surface area contributed by atoms with E-state index in [0.29, 0.717) is 0 Å². The molecule has 7 aromatic carbocycles. The third kappa shape index (κ3) is 7.10. The second-order valence-electron chi connectivity index (χ2n) is 14.5. The van der Waals surface area contributed by atoms with Gasteiger partial charge >= 0.3 is 99.8 Å². The molecule has 10 aromatic rings. The summed E-state index contributed by atoms with van der Waals surface area (Å²) in [6, 6.07) is 64.1. The Bertz CT molecular complexity index is 2910. The first-order valence-electron chi connectivity index (χ1n) is 18.2. The Kier molecular flexibility index (Phi) is 10.4. The van der Waals surface area contributed by atoms with E-state index in [4.69, 9.17) is 4.98 Å². The average Bonchev–Trinajstić information content (AvgIpc) is 3.81. The molecule has 1 radical (unpaired) electrons. The normalized spacial score (nSPS) is 11.4. The van der Waals surface area contributed by atoms with Crippen LogP contribution in [-0.2, 0) is 20.1 Å². The van der Waals surface area contributed by atoms with Gasteiger partial charge in [-0.2, -0.15) is 11.3 Å². The van der Waals surface area contributed by atoms with Crippen LogP contribution in [0.2, 0.25) is 17.3 Å². The van der Waals surface area contributed by atoms with Gasteiger partial charge in [0, 0.05) is 41.4 Å². The molecule has 0 saturated carbocycles. The fourth-order valence-electron chi connectivity index (χ4n) is 7.16. The fraction of sp³-hybridized carbons (Fsp3) is 0.0612. The molecule has 6 heteroatoms. The number of aromatic nitrogens is 3. The topological polar surface area (TPSA) is 30.7 Å². The van der Waals surface area contributed by atoms with Gasteiger partial charge in [0.2, 0.25) is 0 Å². The molecule has 3 nitrogen and oxygen atoms in total. The molecule has 10 rings (SSSR count). The van der Waals surface area contributed by atoms with Gasteiger partial charge in [-0.1, -0.05) is 108 Å². The van der Waals surface area contributed by atoms with Crippen molar-refractivity contribution in [1.82, 2.24) is 14.5 Å². The standard InChI is InChI=1S/C35H21N2S.C14H16GeN.Ir/c1-2-11-23(12-3-1)25-14-6-8-19-30(25)37-31-22-21-24-13-4-5-15-26(24)33(31)36-35(37)29-18-10-17-28-27-16-7-9-20-32(27)38-34(28)29;1-15(2,3)13-9-10-14(16-11-13)12-7-5-4-6-8-12;/h1-17,19-22H;4-7,9-11H,1-3H3;/q2*-1;. The number of benzene rings is 7. The third-order valence-corrected chi connectivity index (χ3v) is 15.4. The first-order chi connectivity index (χ1) is 26.4. The molecule has 0 aliphatic carbocycles. The second-order valence-corrected chi connectivity index (χ2v) is 26.2. The van der Waals surface area contributed by atoms with E-state index in [1.807, 2.05) is 47.9 Å². The van der Waals surface area contributed by atoms with Crippen LogP contribution in [0.5, 0.6) is 0 Å². The summed E-state index contributed by atoms with van der Waals surface area (Å²) in [6.07, 6.45) is 2.04. The molecule has 3 aromatic heterocycles. The van der Waals surface area contributed by atoms with Gasteiger partial charge in [0.15, 0.2) is 0 Å². The molecule has 0 aliphatic rings. The van der Waals surface area contributed by atoms with Crippen LogP contribution in [0.15, 0.2) is 170 Å². The Morgan fingerprint density at radius 2 is 1.36 bits per heavy atom. The van der Waals surface area contributed by atoms with E-state index in [1.165, 1.54) is 41.1 Å². The number of rotatable bonds is 5. The molecule has 0 spiro atoms. The SMILES string of the molecule is [CH3][Ge]([CH3])([CH3])[c]1ccc(-c2[c-]cccc2)nc1.[Ir].[c-]1ccc2c(sc3ccccc32)c1-c1nc2c3ccccc3ccc2n1-c1ccccc1-c1ccccc1. The molecular formula is C49H37GeIrN3S-2. The van der Waals surface area contributed by atoms with Crippen LogP contribution in [0.3, 0.4) is 0 Å². The summed E-state index contributed by atoms with van der Waals surface area (Å²) in [6.45, 7) is 0. The molecule has 0 aliphatic heterocycles. The molecule has 3 heterocycles. The molecule has 0 saturated heterocycles. The Morgan fingerprint density at radius 3 is 2.15 bits per heavy atom. The molecular weight excluding hydrogens is 927 g/mol. The number of hydrogen-bond donors (Lipinski definition) is 0. The molecule has 0 unspecified atom stereocenters. The van der Waals surface area contributed by atoms with Crippen LogP contribution < -0.4 is 4.40 Å². The molecule has 0 bridgehead atoms. The van der Waals surface area contributed by atoms with Gasteiger partial charge in [-0.25, -0.2) is 0 Å². The van der Waals surface area contributed by atoms with E-state index in [-0.39, 0.29) is 20.1 Å². The smallest absolute Gasteiger partial charge is 0.0852 e. The predicted octanol–water partition coefficient (Wildman–Crippen LogP) is 12.8. The minimum atomic E-state index is -1.72. The van der Waals surface area contributed by atoms with Crippen molar-refractivity contribution in [3.05, 3.63) is 182 Å². The minimum Gasteiger partial charge on any atom is -0.333 e. The Hall–Kier alpha value is -5.17. The number of para-hydroxylation sites is 1. The predicted molar refractivity (Wildman–Crippen MR) is 233 cm³/mol. The first-order valence-corrected chi connectivity index (χ1v) is 26.4. The zero-order valence-corrected chi connectivity index (χ0v) is 36.1.